The fraction of sp³-hybridized carbons (Fsp3) is 0.231. The number of nitrogens with one attached hydrogen (secondary N) is 1. The van der Waals surface area contributed by atoms with Crippen LogP contribution in [0, 0.1) is 0 Å². The van der Waals surface area contributed by atoms with Crippen LogP contribution in [-0.2, 0) is 13.0 Å². The molecular weight excluding hydrogens is 244 g/mol. The second-order valence-electron chi connectivity index (χ2n) is 4.30. The minimum atomic E-state index is -0.637. The Morgan fingerprint density at radius 1 is 1.11 bits per heavy atom. The van der Waals surface area contributed by atoms with Crippen molar-refractivity contribution in [3.8, 4) is 0 Å². The van der Waals surface area contributed by atoms with Gasteiger partial charge in [-0.2, -0.15) is 0 Å². The van der Waals surface area contributed by atoms with Gasteiger partial charge in [0.25, 0.3) is 5.56 Å². The maximum absolute atomic E-state index is 11.6. The lowest BCUT2D eigenvalue weighted by Crippen LogP contribution is -2.34. The molecule has 0 atom stereocenters. The van der Waals surface area contributed by atoms with Crippen molar-refractivity contribution in [1.29, 1.82) is 0 Å². The molecule has 1 aromatic heterocycles. The number of benzene rings is 1. The Bertz CT molecular complexity index is 673. The van der Waals surface area contributed by atoms with E-state index < -0.39 is 11.2 Å². The van der Waals surface area contributed by atoms with Crippen LogP contribution in [-0.4, -0.2) is 9.55 Å². The highest BCUT2D eigenvalue weighted by molar-refractivity contribution is 5.56. The number of aromatic nitrogens is 2. The molecule has 1 aromatic carbocycles. The summed E-state index contributed by atoms with van der Waals surface area (Å²) >= 11 is 0. The van der Waals surface area contributed by atoms with Gasteiger partial charge in [0.05, 0.1) is 0 Å². The predicted molar refractivity (Wildman–Crippen MR) is 74.9 cm³/mol. The van der Waals surface area contributed by atoms with Gasteiger partial charge in [-0.1, -0.05) is 30.3 Å². The molecule has 0 spiro atoms. The number of hydrogen-bond donors (Lipinski definition) is 3. The fourth-order valence-corrected chi connectivity index (χ4v) is 1.91. The van der Waals surface area contributed by atoms with E-state index in [1.54, 1.807) is 0 Å². The molecule has 0 saturated carbocycles. The van der Waals surface area contributed by atoms with Crippen molar-refractivity contribution >= 4 is 11.5 Å². The van der Waals surface area contributed by atoms with Crippen molar-refractivity contribution in [3.05, 3.63) is 56.7 Å². The summed E-state index contributed by atoms with van der Waals surface area (Å²) in [7, 11) is 0. The normalized spacial score (nSPS) is 10.5. The van der Waals surface area contributed by atoms with Crippen molar-refractivity contribution in [3.63, 3.8) is 0 Å². The summed E-state index contributed by atoms with van der Waals surface area (Å²) in [5.41, 5.74) is 11.1. The zero-order valence-electron chi connectivity index (χ0n) is 10.4. The number of anilines is 2. The second-order valence-corrected chi connectivity index (χ2v) is 4.30. The summed E-state index contributed by atoms with van der Waals surface area (Å²) in [6.45, 7) is 0.417. The lowest BCUT2D eigenvalue weighted by Gasteiger charge is -2.10. The quantitative estimate of drug-likeness (QED) is 0.736. The van der Waals surface area contributed by atoms with Gasteiger partial charge in [0.2, 0.25) is 0 Å². The van der Waals surface area contributed by atoms with Crippen LogP contribution in [0.1, 0.15) is 12.0 Å². The highest BCUT2D eigenvalue weighted by atomic mass is 16.2. The van der Waals surface area contributed by atoms with Crippen LogP contribution in [0.25, 0.3) is 0 Å². The number of hydrogen-bond acceptors (Lipinski definition) is 4. The standard InChI is InChI=1S/C13H16N4O2/c14-10-11(15)17(13(19)16-12(10)18)8-4-7-9-5-2-1-3-6-9/h1-3,5-6H,4,7-8,14-15H2,(H,16,18,19). The van der Waals surface area contributed by atoms with Crippen LogP contribution >= 0.6 is 0 Å². The van der Waals surface area contributed by atoms with Gasteiger partial charge >= 0.3 is 5.69 Å². The Morgan fingerprint density at radius 2 is 1.79 bits per heavy atom. The van der Waals surface area contributed by atoms with E-state index in [1.165, 1.54) is 10.1 Å². The van der Waals surface area contributed by atoms with Gasteiger partial charge in [-0.05, 0) is 18.4 Å². The molecule has 0 aliphatic carbocycles. The van der Waals surface area contributed by atoms with Crippen LogP contribution in [0.15, 0.2) is 39.9 Å². The highest BCUT2D eigenvalue weighted by Crippen LogP contribution is 2.08. The van der Waals surface area contributed by atoms with E-state index in [2.05, 4.69) is 4.98 Å². The van der Waals surface area contributed by atoms with Gasteiger partial charge in [0.15, 0.2) is 0 Å². The molecule has 100 valence electrons. The van der Waals surface area contributed by atoms with E-state index in [4.69, 9.17) is 11.5 Å². The number of rotatable bonds is 4. The zero-order valence-corrected chi connectivity index (χ0v) is 10.4. The van der Waals surface area contributed by atoms with Gasteiger partial charge in [0, 0.05) is 6.54 Å². The molecule has 2 rings (SSSR count). The Kier molecular flexibility index (Phi) is 3.70. The summed E-state index contributed by atoms with van der Waals surface area (Å²) in [5.74, 6) is 0.0295. The Morgan fingerprint density at radius 3 is 2.47 bits per heavy atom. The van der Waals surface area contributed by atoms with Crippen LogP contribution in [0.3, 0.4) is 0 Å². The van der Waals surface area contributed by atoms with Crippen LogP contribution in [0.5, 0.6) is 0 Å². The van der Waals surface area contributed by atoms with E-state index in [1.807, 2.05) is 30.3 Å². The first-order chi connectivity index (χ1) is 9.09. The summed E-state index contributed by atoms with van der Waals surface area (Å²) in [4.78, 5) is 25.0. The summed E-state index contributed by atoms with van der Waals surface area (Å²) in [6.07, 6.45) is 1.56. The number of nitrogens with two attached hydrogens (primary N) is 2. The molecule has 0 bridgehead atoms. The molecular formula is C13H16N4O2. The first kappa shape index (κ1) is 12.9. The SMILES string of the molecule is Nc1c(N)n(CCCc2ccccc2)c(=O)[nH]c1=O. The van der Waals surface area contributed by atoms with Gasteiger partial charge in [-0.3, -0.25) is 14.3 Å². The smallest absolute Gasteiger partial charge is 0.330 e. The molecule has 6 heteroatoms. The number of H-pyrrole nitrogens is 1. The largest absolute Gasteiger partial charge is 0.391 e. The second kappa shape index (κ2) is 5.43. The molecule has 0 aliphatic heterocycles. The fourth-order valence-electron chi connectivity index (χ4n) is 1.91. The van der Waals surface area contributed by atoms with Crippen LogP contribution in [0.2, 0.25) is 0 Å². The Balaban J connectivity index is 2.11. The molecule has 6 nitrogen and oxygen atoms in total. The van der Waals surface area contributed by atoms with Crippen molar-refractivity contribution in [1.82, 2.24) is 9.55 Å². The summed E-state index contributed by atoms with van der Waals surface area (Å²) in [6, 6.07) is 9.93. The average Bonchev–Trinajstić information content (AvgIpc) is 2.41. The van der Waals surface area contributed by atoms with Crippen LogP contribution < -0.4 is 22.7 Å². The molecule has 2 aromatic rings. The van der Waals surface area contributed by atoms with Crippen LogP contribution in [0.4, 0.5) is 11.5 Å². The predicted octanol–water partition coefficient (Wildman–Crippen LogP) is 0.334. The van der Waals surface area contributed by atoms with Gasteiger partial charge < -0.3 is 11.5 Å². The monoisotopic (exact) mass is 260 g/mol. The number of aromatic amines is 1. The number of nitrogen functional groups attached to an aromatic ring is 2. The third kappa shape index (κ3) is 2.85. The maximum atomic E-state index is 11.6. The van der Waals surface area contributed by atoms with E-state index in [-0.39, 0.29) is 11.5 Å². The zero-order chi connectivity index (χ0) is 13.8. The average molecular weight is 260 g/mol. The molecule has 19 heavy (non-hydrogen) atoms. The van der Waals surface area contributed by atoms with Crippen molar-refractivity contribution in [2.24, 2.45) is 0 Å². The molecule has 0 saturated heterocycles. The van der Waals surface area contributed by atoms with Crippen molar-refractivity contribution in [2.75, 3.05) is 11.5 Å². The minimum Gasteiger partial charge on any atom is -0.391 e. The van der Waals surface area contributed by atoms with E-state index in [9.17, 15) is 9.59 Å². The topological polar surface area (TPSA) is 107 Å². The third-order valence-electron chi connectivity index (χ3n) is 2.97. The highest BCUT2D eigenvalue weighted by Gasteiger charge is 2.08. The van der Waals surface area contributed by atoms with Crippen molar-refractivity contribution < 1.29 is 0 Å². The lowest BCUT2D eigenvalue weighted by molar-refractivity contribution is 0.614. The molecule has 0 fully saturated rings. The molecule has 0 amide bonds. The number of nitrogens with zero attached hydrogens (tertiary/aromatic N) is 1. The van der Waals surface area contributed by atoms with Gasteiger partial charge in [-0.25, -0.2) is 4.79 Å². The summed E-state index contributed by atoms with van der Waals surface area (Å²) < 4.78 is 1.29. The minimum absolute atomic E-state index is 0.0295. The van der Waals surface area contributed by atoms with Gasteiger partial charge in [-0.15, -0.1) is 0 Å². The van der Waals surface area contributed by atoms with Gasteiger partial charge in [0.1, 0.15) is 11.5 Å². The maximum Gasteiger partial charge on any atom is 0.330 e. The molecule has 1 heterocycles. The van der Waals surface area contributed by atoms with E-state index in [0.29, 0.717) is 6.54 Å². The van der Waals surface area contributed by atoms with Crippen molar-refractivity contribution in [2.45, 2.75) is 19.4 Å². The molecule has 0 unspecified atom stereocenters. The Labute approximate surface area is 109 Å². The third-order valence-corrected chi connectivity index (χ3v) is 2.97. The molecule has 0 radical (unpaired) electrons. The summed E-state index contributed by atoms with van der Waals surface area (Å²) in [5, 5.41) is 0. The lowest BCUT2D eigenvalue weighted by atomic mass is 10.1. The van der Waals surface area contributed by atoms with E-state index >= 15 is 0 Å². The molecule has 5 N–H and O–H groups in total. The van der Waals surface area contributed by atoms with E-state index in [0.717, 1.165) is 12.8 Å². The number of aryl methyl sites for hydroxylation is 1. The first-order valence-corrected chi connectivity index (χ1v) is 6.01. The first-order valence-electron chi connectivity index (χ1n) is 6.01. The molecule has 0 aliphatic rings. The Hall–Kier alpha value is -2.50.